The number of ether oxygens (including phenoxy) is 1. The molecule has 1 aliphatic heterocycles. The molecule has 0 spiro atoms. The zero-order chi connectivity index (χ0) is 14.0. The third-order valence-corrected chi connectivity index (χ3v) is 4.34. The average molecular weight is 275 g/mol. The highest BCUT2D eigenvalue weighted by Crippen LogP contribution is 2.36. The van der Waals surface area contributed by atoms with Crippen LogP contribution in [0.5, 0.6) is 0 Å². The Morgan fingerprint density at radius 1 is 1.50 bits per heavy atom. The molecule has 0 aliphatic carbocycles. The fourth-order valence-electron chi connectivity index (χ4n) is 1.93. The highest BCUT2D eigenvalue weighted by atomic mass is 32.2. The number of amides is 1. The van der Waals surface area contributed by atoms with Gasteiger partial charge in [-0.2, -0.15) is 11.8 Å². The minimum Gasteiger partial charge on any atom is -0.481 e. The van der Waals surface area contributed by atoms with E-state index in [0.29, 0.717) is 5.75 Å². The first-order valence-corrected chi connectivity index (χ1v) is 7.11. The molecule has 0 saturated carbocycles. The normalized spacial score (nSPS) is 27.9. The van der Waals surface area contributed by atoms with Crippen molar-refractivity contribution in [1.82, 2.24) is 5.32 Å². The first-order valence-electron chi connectivity index (χ1n) is 5.95. The summed E-state index contributed by atoms with van der Waals surface area (Å²) in [6.07, 6.45) is -0.612. The van der Waals surface area contributed by atoms with E-state index >= 15 is 0 Å². The van der Waals surface area contributed by atoms with E-state index in [4.69, 9.17) is 9.84 Å². The maximum atomic E-state index is 11.8. The van der Waals surface area contributed by atoms with Crippen molar-refractivity contribution in [2.24, 2.45) is 5.92 Å². The first-order chi connectivity index (χ1) is 8.15. The van der Waals surface area contributed by atoms with Crippen molar-refractivity contribution in [3.8, 4) is 0 Å². The number of hydrogen-bond donors (Lipinski definition) is 2. The molecule has 6 heteroatoms. The lowest BCUT2D eigenvalue weighted by Crippen LogP contribution is -2.55. The van der Waals surface area contributed by atoms with Crippen LogP contribution in [0.25, 0.3) is 0 Å². The van der Waals surface area contributed by atoms with Gasteiger partial charge in [0.05, 0.1) is 12.0 Å². The Labute approximate surface area is 112 Å². The fourth-order valence-corrected chi connectivity index (χ4v) is 3.54. The molecule has 1 aliphatic rings. The summed E-state index contributed by atoms with van der Waals surface area (Å²) < 4.78 is 5.20. The number of alkyl carbamates (subject to hydrolysis) is 1. The van der Waals surface area contributed by atoms with Crippen LogP contribution < -0.4 is 5.32 Å². The summed E-state index contributed by atoms with van der Waals surface area (Å²) in [6, 6.07) is 0. The highest BCUT2D eigenvalue weighted by molar-refractivity contribution is 7.99. The summed E-state index contributed by atoms with van der Waals surface area (Å²) in [5.41, 5.74) is -1.28. The molecule has 0 bridgehead atoms. The van der Waals surface area contributed by atoms with Crippen LogP contribution in [0.3, 0.4) is 0 Å². The second kappa shape index (κ2) is 5.38. The van der Waals surface area contributed by atoms with Gasteiger partial charge in [0.25, 0.3) is 0 Å². The van der Waals surface area contributed by atoms with E-state index in [9.17, 15) is 9.59 Å². The maximum absolute atomic E-state index is 11.8. The number of carboxylic acids is 1. The minimum absolute atomic E-state index is 0.0690. The lowest BCUT2D eigenvalue weighted by atomic mass is 9.85. The molecule has 0 aromatic rings. The lowest BCUT2D eigenvalue weighted by molar-refractivity contribution is -0.138. The molecule has 2 unspecified atom stereocenters. The number of nitrogens with one attached hydrogen (secondary N) is 1. The van der Waals surface area contributed by atoms with Crippen molar-refractivity contribution in [3.63, 3.8) is 0 Å². The summed E-state index contributed by atoms with van der Waals surface area (Å²) in [5.74, 6) is 0.675. The number of aliphatic carboxylic acids is 1. The summed E-state index contributed by atoms with van der Waals surface area (Å²) in [4.78, 5) is 22.8. The van der Waals surface area contributed by atoms with Crippen molar-refractivity contribution >= 4 is 23.8 Å². The van der Waals surface area contributed by atoms with Crippen molar-refractivity contribution < 1.29 is 19.4 Å². The molecular formula is C12H21NO4S. The van der Waals surface area contributed by atoms with Gasteiger partial charge in [0.1, 0.15) is 5.60 Å². The van der Waals surface area contributed by atoms with Crippen LogP contribution in [0.1, 0.15) is 34.1 Å². The molecule has 0 aromatic carbocycles. The largest absolute Gasteiger partial charge is 0.481 e. The Bertz CT molecular complexity index is 339. The summed E-state index contributed by atoms with van der Waals surface area (Å²) in [5, 5.41) is 11.8. The average Bonchev–Trinajstić information content (AvgIpc) is 2.42. The predicted octanol–water partition coefficient (Wildman–Crippen LogP) is 2.11. The van der Waals surface area contributed by atoms with Crippen LogP contribution in [0.15, 0.2) is 0 Å². The van der Waals surface area contributed by atoms with E-state index in [1.807, 2.05) is 6.92 Å². The molecule has 1 saturated heterocycles. The SMILES string of the molecule is CC1CSCC1(CC(=O)O)NC(=O)OC(C)(C)C. The molecule has 1 heterocycles. The Morgan fingerprint density at radius 2 is 2.11 bits per heavy atom. The van der Waals surface area contributed by atoms with Crippen LogP contribution in [-0.4, -0.2) is 39.8 Å². The van der Waals surface area contributed by atoms with Crippen LogP contribution in [-0.2, 0) is 9.53 Å². The van der Waals surface area contributed by atoms with Crippen LogP contribution >= 0.6 is 11.8 Å². The Morgan fingerprint density at radius 3 is 2.50 bits per heavy atom. The standard InChI is InChI=1S/C12H21NO4S/c1-8-6-18-7-12(8,5-9(14)15)13-10(16)17-11(2,3)4/h8H,5-7H2,1-4H3,(H,13,16)(H,14,15). The van der Waals surface area contributed by atoms with E-state index in [2.05, 4.69) is 5.32 Å². The van der Waals surface area contributed by atoms with Crippen LogP contribution in [0, 0.1) is 5.92 Å². The third-order valence-electron chi connectivity index (χ3n) is 2.89. The molecule has 104 valence electrons. The van der Waals surface area contributed by atoms with Crippen molar-refractivity contribution in [1.29, 1.82) is 0 Å². The molecule has 2 N–H and O–H groups in total. The maximum Gasteiger partial charge on any atom is 0.408 e. The zero-order valence-electron chi connectivity index (χ0n) is 11.3. The third kappa shape index (κ3) is 4.08. The smallest absolute Gasteiger partial charge is 0.408 e. The topological polar surface area (TPSA) is 75.6 Å². The minimum atomic E-state index is -0.902. The van der Waals surface area contributed by atoms with Gasteiger partial charge in [0, 0.05) is 5.75 Å². The van der Waals surface area contributed by atoms with Crippen molar-refractivity contribution in [3.05, 3.63) is 0 Å². The number of carboxylic acid groups (broad SMARTS) is 1. The predicted molar refractivity (Wildman–Crippen MR) is 70.8 cm³/mol. The number of hydrogen-bond acceptors (Lipinski definition) is 4. The van der Waals surface area contributed by atoms with Gasteiger partial charge in [0.2, 0.25) is 0 Å². The van der Waals surface area contributed by atoms with Crippen molar-refractivity contribution in [2.45, 2.75) is 45.3 Å². The van der Waals surface area contributed by atoms with E-state index in [0.717, 1.165) is 5.75 Å². The molecule has 1 fully saturated rings. The molecule has 0 radical (unpaired) electrons. The number of thioether (sulfide) groups is 1. The van der Waals surface area contributed by atoms with Gasteiger partial charge in [-0.3, -0.25) is 4.79 Å². The molecular weight excluding hydrogens is 254 g/mol. The van der Waals surface area contributed by atoms with Crippen LogP contribution in [0.4, 0.5) is 4.79 Å². The summed E-state index contributed by atoms with van der Waals surface area (Å²) in [7, 11) is 0. The van der Waals surface area contributed by atoms with Crippen molar-refractivity contribution in [2.75, 3.05) is 11.5 Å². The number of carbonyl (C=O) groups is 2. The van der Waals surface area contributed by atoms with Gasteiger partial charge in [0.15, 0.2) is 0 Å². The summed E-state index contributed by atoms with van der Waals surface area (Å²) >= 11 is 1.66. The van der Waals surface area contributed by atoms with Gasteiger partial charge < -0.3 is 15.2 Å². The van der Waals surface area contributed by atoms with Crippen LogP contribution in [0.2, 0.25) is 0 Å². The highest BCUT2D eigenvalue weighted by Gasteiger charge is 2.44. The molecule has 0 aromatic heterocycles. The van der Waals surface area contributed by atoms with Gasteiger partial charge in [-0.15, -0.1) is 0 Å². The van der Waals surface area contributed by atoms with E-state index in [-0.39, 0.29) is 12.3 Å². The van der Waals surface area contributed by atoms with E-state index in [1.54, 1.807) is 32.5 Å². The molecule has 2 atom stereocenters. The quantitative estimate of drug-likeness (QED) is 0.825. The molecule has 1 amide bonds. The Hall–Kier alpha value is -0.910. The number of rotatable bonds is 3. The molecule has 5 nitrogen and oxygen atoms in total. The fraction of sp³-hybridized carbons (Fsp3) is 0.833. The van der Waals surface area contributed by atoms with Gasteiger partial charge in [-0.25, -0.2) is 4.79 Å². The Kier molecular flexibility index (Phi) is 4.53. The zero-order valence-corrected chi connectivity index (χ0v) is 12.1. The second-order valence-corrected chi connectivity index (χ2v) is 6.80. The van der Waals surface area contributed by atoms with Gasteiger partial charge >= 0.3 is 12.1 Å². The Balaban J connectivity index is 2.74. The first kappa shape index (κ1) is 15.1. The summed E-state index contributed by atoms with van der Waals surface area (Å²) in [6.45, 7) is 7.30. The molecule has 18 heavy (non-hydrogen) atoms. The van der Waals surface area contributed by atoms with Gasteiger partial charge in [-0.1, -0.05) is 6.92 Å². The second-order valence-electron chi connectivity index (χ2n) is 5.77. The van der Waals surface area contributed by atoms with E-state index < -0.39 is 23.2 Å². The van der Waals surface area contributed by atoms with E-state index in [1.165, 1.54) is 0 Å². The van der Waals surface area contributed by atoms with Gasteiger partial charge in [-0.05, 0) is 32.4 Å². The number of carbonyl (C=O) groups excluding carboxylic acids is 1. The monoisotopic (exact) mass is 275 g/mol. The lowest BCUT2D eigenvalue weighted by Gasteiger charge is -2.33. The molecule has 1 rings (SSSR count).